The molecule has 3 aromatic heterocycles. The second-order valence-corrected chi connectivity index (χ2v) is 13.2. The maximum Gasteiger partial charge on any atom is 0.164 e. The van der Waals surface area contributed by atoms with Crippen LogP contribution in [0.25, 0.3) is 105 Å². The minimum Gasteiger partial charge on any atom is -0.308 e. The van der Waals surface area contributed by atoms with Crippen LogP contribution in [0.4, 0.5) is 0 Å². The second kappa shape index (κ2) is 10.8. The topological polar surface area (TPSA) is 43.1 Å². The van der Waals surface area contributed by atoms with Crippen LogP contribution in [0.5, 0.6) is 0 Å². The number of hydrogen-bond acceptors (Lipinski definition) is 3. The molecule has 0 aliphatic heterocycles. The number of rotatable bonds is 4. The monoisotopic (exact) mass is 648 g/mol. The van der Waals surface area contributed by atoms with Crippen LogP contribution in [-0.2, 0) is 0 Å². The Bertz CT molecular complexity index is 3120. The van der Waals surface area contributed by atoms with Gasteiger partial charge in [-0.05, 0) is 50.9 Å². The molecule has 8 aromatic carbocycles. The Labute approximate surface area is 293 Å². The van der Waals surface area contributed by atoms with Crippen LogP contribution in [-0.4, -0.2) is 19.4 Å². The molecule has 0 radical (unpaired) electrons. The van der Waals surface area contributed by atoms with Crippen molar-refractivity contribution in [1.29, 1.82) is 0 Å². The lowest BCUT2D eigenvalue weighted by Gasteiger charge is -2.16. The van der Waals surface area contributed by atoms with Crippen LogP contribution in [0, 0.1) is 0 Å². The Hall–Kier alpha value is -6.91. The van der Waals surface area contributed by atoms with Gasteiger partial charge in [0.25, 0.3) is 0 Å². The van der Waals surface area contributed by atoms with Crippen molar-refractivity contribution in [1.82, 2.24) is 19.4 Å². The molecule has 0 N–H and O–H groups in total. The van der Waals surface area contributed by atoms with E-state index < -0.39 is 0 Å². The molecule has 0 bridgehead atoms. The van der Waals surface area contributed by atoms with Crippen molar-refractivity contribution in [2.45, 2.75) is 0 Å². The quantitative estimate of drug-likeness (QED) is 0.141. The summed E-state index contributed by atoms with van der Waals surface area (Å²) in [5.41, 5.74) is 8.88. The second-order valence-electron chi connectivity index (χ2n) is 13.2. The fraction of sp³-hybridized carbons (Fsp3) is 0. The summed E-state index contributed by atoms with van der Waals surface area (Å²) in [6.07, 6.45) is 0. The molecule has 4 nitrogen and oxygen atoms in total. The van der Waals surface area contributed by atoms with Crippen molar-refractivity contribution in [3.8, 4) is 45.3 Å². The first-order chi connectivity index (χ1) is 25.3. The maximum absolute atomic E-state index is 5.26. The van der Waals surface area contributed by atoms with E-state index in [1.807, 2.05) is 6.07 Å². The highest BCUT2D eigenvalue weighted by Gasteiger charge is 2.21. The summed E-state index contributed by atoms with van der Waals surface area (Å²) in [7, 11) is 0. The van der Waals surface area contributed by atoms with E-state index >= 15 is 0 Å². The van der Waals surface area contributed by atoms with Gasteiger partial charge in [-0.2, -0.15) is 0 Å². The Morgan fingerprint density at radius 1 is 0.314 bits per heavy atom. The van der Waals surface area contributed by atoms with Gasteiger partial charge in [-0.1, -0.05) is 152 Å². The fourth-order valence-electron chi connectivity index (χ4n) is 8.09. The number of aromatic nitrogens is 4. The number of hydrogen-bond donors (Lipinski definition) is 0. The first-order valence-electron chi connectivity index (χ1n) is 17.3. The van der Waals surface area contributed by atoms with Crippen LogP contribution >= 0.6 is 0 Å². The molecule has 0 saturated heterocycles. The Morgan fingerprint density at radius 2 is 0.863 bits per heavy atom. The summed E-state index contributed by atoms with van der Waals surface area (Å²) in [6, 6.07) is 60.2. The SMILES string of the molecule is c1ccc(-c2ccc(-c3nc(-c4cccc5ccccc45)nc(-c4ccc5c6c4cccc6c4cccc6c7ccccc7n5c46)n3)cc2)cc1. The van der Waals surface area contributed by atoms with Gasteiger partial charge in [0.2, 0.25) is 0 Å². The zero-order valence-corrected chi connectivity index (χ0v) is 27.5. The lowest BCUT2D eigenvalue weighted by atomic mass is 9.96. The van der Waals surface area contributed by atoms with Gasteiger partial charge in [0.15, 0.2) is 17.5 Å². The molecule has 0 spiro atoms. The highest BCUT2D eigenvalue weighted by molar-refractivity contribution is 6.28. The highest BCUT2D eigenvalue weighted by Crippen LogP contribution is 2.43. The summed E-state index contributed by atoms with van der Waals surface area (Å²) in [4.78, 5) is 15.6. The van der Waals surface area contributed by atoms with E-state index in [2.05, 4.69) is 168 Å². The van der Waals surface area contributed by atoms with E-state index in [1.165, 1.54) is 49.0 Å². The Morgan fingerprint density at radius 3 is 1.69 bits per heavy atom. The van der Waals surface area contributed by atoms with Crippen LogP contribution < -0.4 is 0 Å². The number of nitrogens with zero attached hydrogens (tertiary/aromatic N) is 4. The number of benzene rings is 8. The molecule has 0 amide bonds. The predicted molar refractivity (Wildman–Crippen MR) is 211 cm³/mol. The van der Waals surface area contributed by atoms with Crippen molar-refractivity contribution < 1.29 is 0 Å². The van der Waals surface area contributed by atoms with Crippen LogP contribution in [0.1, 0.15) is 0 Å². The largest absolute Gasteiger partial charge is 0.308 e. The smallest absolute Gasteiger partial charge is 0.164 e. The van der Waals surface area contributed by atoms with Crippen molar-refractivity contribution in [3.63, 3.8) is 0 Å². The first-order valence-corrected chi connectivity index (χ1v) is 17.3. The van der Waals surface area contributed by atoms with E-state index in [9.17, 15) is 0 Å². The molecule has 11 aromatic rings. The average Bonchev–Trinajstić information content (AvgIpc) is 3.55. The molecule has 3 heterocycles. The van der Waals surface area contributed by atoms with E-state index in [1.54, 1.807) is 0 Å². The predicted octanol–water partition coefficient (Wildman–Crippen LogP) is 12.0. The van der Waals surface area contributed by atoms with Gasteiger partial charge in [-0.3, -0.25) is 0 Å². The minimum absolute atomic E-state index is 0.645. The lowest BCUT2D eigenvalue weighted by molar-refractivity contribution is 1.08. The summed E-state index contributed by atoms with van der Waals surface area (Å²) in [5.74, 6) is 1.95. The van der Waals surface area contributed by atoms with Gasteiger partial charge in [-0.15, -0.1) is 0 Å². The highest BCUT2D eigenvalue weighted by atomic mass is 15.0. The van der Waals surface area contributed by atoms with Gasteiger partial charge in [-0.25, -0.2) is 15.0 Å². The van der Waals surface area contributed by atoms with Crippen LogP contribution in [0.15, 0.2) is 170 Å². The fourth-order valence-corrected chi connectivity index (χ4v) is 8.09. The summed E-state index contributed by atoms with van der Waals surface area (Å²) >= 11 is 0. The Balaban J connectivity index is 1.19. The molecule has 11 rings (SSSR count). The van der Waals surface area contributed by atoms with Gasteiger partial charge in [0.05, 0.1) is 16.6 Å². The third kappa shape index (κ3) is 4.17. The van der Waals surface area contributed by atoms with Crippen LogP contribution in [0.2, 0.25) is 0 Å². The van der Waals surface area contributed by atoms with Crippen LogP contribution in [0.3, 0.4) is 0 Å². The summed E-state index contributed by atoms with van der Waals surface area (Å²) in [6.45, 7) is 0. The van der Waals surface area contributed by atoms with Crippen molar-refractivity contribution >= 4 is 59.6 Å². The molecule has 0 atom stereocenters. The van der Waals surface area contributed by atoms with Gasteiger partial charge >= 0.3 is 0 Å². The zero-order valence-electron chi connectivity index (χ0n) is 27.5. The summed E-state index contributed by atoms with van der Waals surface area (Å²) < 4.78 is 2.44. The van der Waals surface area contributed by atoms with E-state index in [4.69, 9.17) is 15.0 Å². The maximum atomic E-state index is 5.26. The number of pyridine rings is 1. The molecule has 0 aliphatic carbocycles. The molecule has 0 fully saturated rings. The number of para-hydroxylation sites is 2. The van der Waals surface area contributed by atoms with E-state index in [0.29, 0.717) is 17.5 Å². The molecule has 4 heteroatoms. The van der Waals surface area contributed by atoms with Crippen molar-refractivity contribution in [3.05, 3.63) is 170 Å². The molecule has 0 unspecified atom stereocenters. The third-order valence-corrected chi connectivity index (χ3v) is 10.4. The van der Waals surface area contributed by atoms with Crippen molar-refractivity contribution in [2.75, 3.05) is 0 Å². The Kier molecular flexibility index (Phi) is 5.92. The average molecular weight is 649 g/mol. The summed E-state index contributed by atoms with van der Waals surface area (Å²) in [5, 5.41) is 9.59. The van der Waals surface area contributed by atoms with Gasteiger partial charge in [0, 0.05) is 38.2 Å². The molecule has 0 saturated carbocycles. The molecule has 51 heavy (non-hydrogen) atoms. The van der Waals surface area contributed by atoms with Gasteiger partial charge in [0.1, 0.15) is 0 Å². The third-order valence-electron chi connectivity index (χ3n) is 10.4. The normalized spacial score (nSPS) is 11.9. The van der Waals surface area contributed by atoms with E-state index in [0.717, 1.165) is 38.4 Å². The first kappa shape index (κ1) is 28.0. The van der Waals surface area contributed by atoms with E-state index in [-0.39, 0.29) is 0 Å². The molecular weight excluding hydrogens is 621 g/mol. The van der Waals surface area contributed by atoms with Crippen molar-refractivity contribution in [2.24, 2.45) is 0 Å². The standard InChI is InChI=1S/C47H28N4/c1-2-11-29(12-3-1)30-23-25-32(26-24-30)45-48-46(39-21-8-14-31-13-4-5-15-33(31)39)50-47(49-45)40-27-28-42-43-35(17-9-18-36(40)43)38-20-10-19-37-34-16-6-7-22-41(34)51(42)44(37)38/h1-28H. The number of fused-ring (bicyclic) bond motifs is 6. The zero-order chi connectivity index (χ0) is 33.5. The lowest BCUT2D eigenvalue weighted by Crippen LogP contribution is -2.01. The van der Waals surface area contributed by atoms with Gasteiger partial charge < -0.3 is 4.40 Å². The molecular formula is C47H28N4. The molecule has 0 aliphatic rings. The molecule has 236 valence electrons. The minimum atomic E-state index is 0.645.